The summed E-state index contributed by atoms with van der Waals surface area (Å²) in [6.45, 7) is 3.26. The zero-order chi connectivity index (χ0) is 17.7. The van der Waals surface area contributed by atoms with Crippen LogP contribution in [0, 0.1) is 0 Å². The number of nitrogens with one attached hydrogen (secondary N) is 1. The van der Waals surface area contributed by atoms with Crippen LogP contribution in [0.3, 0.4) is 0 Å². The largest absolute Gasteiger partial charge is 0.493 e. The lowest BCUT2D eigenvalue weighted by molar-refractivity contribution is -0.117. The number of benzene rings is 2. The van der Waals surface area contributed by atoms with Crippen LogP contribution in [-0.4, -0.2) is 25.9 Å². The maximum absolute atomic E-state index is 12.5. The Morgan fingerprint density at radius 1 is 1.00 bits per heavy atom. The van der Waals surface area contributed by atoms with Gasteiger partial charge in [-0.25, -0.2) is 0 Å². The third kappa shape index (κ3) is 3.74. The normalized spacial score (nSPS) is 11.5. The highest BCUT2D eigenvalue weighted by Crippen LogP contribution is 2.34. The lowest BCUT2D eigenvalue weighted by Gasteiger charge is -2.17. The number of anilines is 1. The number of carbonyl (C=O) groups is 2. The van der Waals surface area contributed by atoms with Gasteiger partial charge in [0.15, 0.2) is 17.3 Å². The van der Waals surface area contributed by atoms with Gasteiger partial charge in [0.2, 0.25) is 5.91 Å². The third-order valence-electron chi connectivity index (χ3n) is 3.85. The molecule has 24 heavy (non-hydrogen) atoms. The highest BCUT2D eigenvalue weighted by molar-refractivity contribution is 6.05. The topological polar surface area (TPSA) is 64.6 Å². The number of hydrogen-bond acceptors (Lipinski definition) is 4. The predicted octanol–water partition coefficient (Wildman–Crippen LogP) is 3.65. The van der Waals surface area contributed by atoms with Gasteiger partial charge >= 0.3 is 0 Å². The molecule has 0 aromatic heterocycles. The van der Waals surface area contributed by atoms with E-state index in [1.165, 1.54) is 21.1 Å². The molecule has 2 rings (SSSR count). The molecular weight excluding hydrogens is 306 g/mol. The second-order valence-corrected chi connectivity index (χ2v) is 5.43. The molecule has 0 heterocycles. The second kappa shape index (κ2) is 7.64. The highest BCUT2D eigenvalue weighted by Gasteiger charge is 2.20. The van der Waals surface area contributed by atoms with Crippen LogP contribution in [0.4, 0.5) is 5.69 Å². The molecule has 1 amide bonds. The Hall–Kier alpha value is -2.82. The van der Waals surface area contributed by atoms with Crippen LogP contribution < -0.4 is 14.8 Å². The molecule has 0 aliphatic carbocycles. The zero-order valence-electron chi connectivity index (χ0n) is 14.3. The van der Waals surface area contributed by atoms with Gasteiger partial charge in [0.25, 0.3) is 0 Å². The van der Waals surface area contributed by atoms with E-state index in [2.05, 4.69) is 5.32 Å². The van der Waals surface area contributed by atoms with Gasteiger partial charge < -0.3 is 14.8 Å². The van der Waals surface area contributed by atoms with Crippen LogP contribution in [0.25, 0.3) is 0 Å². The molecule has 0 saturated carbocycles. The predicted molar refractivity (Wildman–Crippen MR) is 93.0 cm³/mol. The van der Waals surface area contributed by atoms with Gasteiger partial charge in [-0.3, -0.25) is 9.59 Å². The first-order valence-electron chi connectivity index (χ1n) is 7.60. The fourth-order valence-electron chi connectivity index (χ4n) is 2.41. The molecule has 2 aromatic carbocycles. The van der Waals surface area contributed by atoms with Crippen LogP contribution >= 0.6 is 0 Å². The van der Waals surface area contributed by atoms with Gasteiger partial charge in [-0.05, 0) is 25.5 Å². The average Bonchev–Trinajstić information content (AvgIpc) is 2.61. The molecule has 0 fully saturated rings. The Kier molecular flexibility index (Phi) is 5.58. The summed E-state index contributed by atoms with van der Waals surface area (Å²) in [6.07, 6.45) is 0. The summed E-state index contributed by atoms with van der Waals surface area (Å²) in [5.41, 5.74) is 1.69. The van der Waals surface area contributed by atoms with Crippen LogP contribution in [0.5, 0.6) is 11.5 Å². The van der Waals surface area contributed by atoms with Crippen molar-refractivity contribution in [1.82, 2.24) is 0 Å². The molecule has 1 N–H and O–H groups in total. The monoisotopic (exact) mass is 327 g/mol. The Balaban J connectivity index is 2.34. The molecule has 0 saturated heterocycles. The van der Waals surface area contributed by atoms with Crippen molar-refractivity contribution in [2.45, 2.75) is 19.8 Å². The maximum atomic E-state index is 12.5. The van der Waals surface area contributed by atoms with Crippen LogP contribution in [0.2, 0.25) is 0 Å². The van der Waals surface area contributed by atoms with Gasteiger partial charge in [-0.1, -0.05) is 30.3 Å². The lowest BCUT2D eigenvalue weighted by Crippen LogP contribution is -2.20. The summed E-state index contributed by atoms with van der Waals surface area (Å²) in [7, 11) is 3.00. The van der Waals surface area contributed by atoms with Crippen LogP contribution in [0.1, 0.15) is 35.7 Å². The molecular formula is C19H21NO4. The van der Waals surface area contributed by atoms with Crippen LogP contribution in [-0.2, 0) is 4.79 Å². The summed E-state index contributed by atoms with van der Waals surface area (Å²) >= 11 is 0. The molecule has 2 aromatic rings. The molecule has 0 spiro atoms. The molecule has 0 aliphatic rings. The third-order valence-corrected chi connectivity index (χ3v) is 3.85. The van der Waals surface area contributed by atoms with Gasteiger partial charge in [-0.2, -0.15) is 0 Å². The van der Waals surface area contributed by atoms with Crippen molar-refractivity contribution in [3.63, 3.8) is 0 Å². The number of amides is 1. The summed E-state index contributed by atoms with van der Waals surface area (Å²) < 4.78 is 10.5. The number of Topliss-reactive ketones (excluding diaryl/α,β-unsaturated/α-hetero) is 1. The molecule has 5 heteroatoms. The first-order chi connectivity index (χ1) is 11.5. The minimum absolute atomic E-state index is 0.168. The van der Waals surface area contributed by atoms with Crippen molar-refractivity contribution in [3.8, 4) is 11.5 Å². The smallest absolute Gasteiger partial charge is 0.231 e. The van der Waals surface area contributed by atoms with Crippen molar-refractivity contribution in [2.24, 2.45) is 0 Å². The molecule has 0 bridgehead atoms. The highest BCUT2D eigenvalue weighted by atomic mass is 16.5. The summed E-state index contributed by atoms with van der Waals surface area (Å²) in [5, 5.41) is 2.82. The number of methoxy groups -OCH3 is 2. The van der Waals surface area contributed by atoms with Gasteiger partial charge in [0, 0.05) is 11.6 Å². The van der Waals surface area contributed by atoms with Gasteiger partial charge in [0.1, 0.15) is 0 Å². The summed E-state index contributed by atoms with van der Waals surface area (Å²) in [4.78, 5) is 24.5. The zero-order valence-corrected chi connectivity index (χ0v) is 14.3. The minimum Gasteiger partial charge on any atom is -0.493 e. The molecule has 126 valence electrons. The fourth-order valence-corrected chi connectivity index (χ4v) is 2.41. The Bertz CT molecular complexity index is 741. The second-order valence-electron chi connectivity index (χ2n) is 5.43. The SMILES string of the molecule is COc1cc(NC(=O)C(C)c2ccccc2)c(C(C)=O)cc1OC. The first kappa shape index (κ1) is 17.5. The molecule has 0 aliphatic heterocycles. The summed E-state index contributed by atoms with van der Waals surface area (Å²) in [5.74, 6) is 0.176. The van der Waals surface area contributed by atoms with Crippen molar-refractivity contribution < 1.29 is 19.1 Å². The average molecular weight is 327 g/mol. The molecule has 1 unspecified atom stereocenters. The maximum Gasteiger partial charge on any atom is 0.231 e. The fraction of sp³-hybridized carbons (Fsp3) is 0.263. The van der Waals surface area contributed by atoms with Crippen LogP contribution in [0.15, 0.2) is 42.5 Å². The first-order valence-corrected chi connectivity index (χ1v) is 7.60. The van der Waals surface area contributed by atoms with E-state index in [9.17, 15) is 9.59 Å². The minimum atomic E-state index is -0.348. The van der Waals surface area contributed by atoms with E-state index in [-0.39, 0.29) is 17.6 Å². The van der Waals surface area contributed by atoms with E-state index < -0.39 is 0 Å². The van der Waals surface area contributed by atoms with Gasteiger partial charge in [-0.15, -0.1) is 0 Å². The van der Waals surface area contributed by atoms with E-state index in [0.29, 0.717) is 22.7 Å². The number of ether oxygens (including phenoxy) is 2. The van der Waals surface area contributed by atoms with Crippen molar-refractivity contribution >= 4 is 17.4 Å². The number of ketones is 1. The Labute approximate surface area is 141 Å². The summed E-state index contributed by atoms with van der Waals surface area (Å²) in [6, 6.07) is 12.6. The standard InChI is InChI=1S/C19H21NO4/c1-12(14-8-6-5-7-9-14)19(22)20-16-11-18(24-4)17(23-3)10-15(16)13(2)21/h5-12H,1-4H3,(H,20,22). The van der Waals surface area contributed by atoms with E-state index in [1.807, 2.05) is 37.3 Å². The van der Waals surface area contributed by atoms with Crippen molar-refractivity contribution in [3.05, 3.63) is 53.6 Å². The van der Waals surface area contributed by atoms with E-state index >= 15 is 0 Å². The van der Waals surface area contributed by atoms with E-state index in [0.717, 1.165) is 5.56 Å². The molecule has 0 radical (unpaired) electrons. The lowest BCUT2D eigenvalue weighted by atomic mass is 10.00. The number of rotatable bonds is 6. The Morgan fingerprint density at radius 2 is 1.58 bits per heavy atom. The van der Waals surface area contributed by atoms with Crippen molar-refractivity contribution in [2.75, 3.05) is 19.5 Å². The van der Waals surface area contributed by atoms with Crippen molar-refractivity contribution in [1.29, 1.82) is 0 Å². The number of hydrogen-bond donors (Lipinski definition) is 1. The molecule has 1 atom stereocenters. The molecule has 5 nitrogen and oxygen atoms in total. The van der Waals surface area contributed by atoms with E-state index in [4.69, 9.17) is 9.47 Å². The quantitative estimate of drug-likeness (QED) is 0.823. The Morgan fingerprint density at radius 3 is 2.12 bits per heavy atom. The number of carbonyl (C=O) groups excluding carboxylic acids is 2. The van der Waals surface area contributed by atoms with E-state index in [1.54, 1.807) is 12.1 Å². The van der Waals surface area contributed by atoms with Gasteiger partial charge in [0.05, 0.1) is 25.8 Å².